The van der Waals surface area contributed by atoms with Crippen molar-refractivity contribution in [3.63, 3.8) is 0 Å². The summed E-state index contributed by atoms with van der Waals surface area (Å²) in [7, 11) is -4.91. The van der Waals surface area contributed by atoms with Crippen molar-refractivity contribution in [2.75, 3.05) is 29.0 Å². The summed E-state index contributed by atoms with van der Waals surface area (Å²) in [4.78, 5) is 10.8. The second-order valence-corrected chi connectivity index (χ2v) is 11.7. The number of nitrogens with zero attached hydrogens (tertiary/aromatic N) is 2. The fourth-order valence-corrected chi connectivity index (χ4v) is 5.90. The van der Waals surface area contributed by atoms with Crippen LogP contribution in [0.2, 0.25) is 0 Å². The van der Waals surface area contributed by atoms with Crippen LogP contribution in [0, 0.1) is 11.7 Å². The van der Waals surface area contributed by atoms with Gasteiger partial charge in [0, 0.05) is 11.6 Å². The minimum Gasteiger partial charge on any atom is -0.530 e. The van der Waals surface area contributed by atoms with E-state index in [1.807, 2.05) is 0 Å². The maximum absolute atomic E-state index is 13.9. The first-order chi connectivity index (χ1) is 18.3. The predicted molar refractivity (Wildman–Crippen MR) is 124 cm³/mol. The highest BCUT2D eigenvalue weighted by molar-refractivity contribution is 7.92. The van der Waals surface area contributed by atoms with Gasteiger partial charge in [0.1, 0.15) is 29.3 Å². The SMILES string of the molecule is CC(C)(N(C(=O)[O-])c1ccc2c(c1)N(S(=O)(=O)c1ccc(F)c(C(F)(F)F)c1)C[C@H](CC1COC1)O2)C(F)(F)F. The van der Waals surface area contributed by atoms with Crippen molar-refractivity contribution in [2.45, 2.75) is 49.2 Å². The third-order valence-electron chi connectivity index (χ3n) is 6.70. The summed E-state index contributed by atoms with van der Waals surface area (Å²) < 4.78 is 134. The second kappa shape index (κ2) is 9.98. The molecule has 40 heavy (non-hydrogen) atoms. The number of carboxylic acid groups (broad SMARTS) is 1. The number of fused-ring (bicyclic) bond motifs is 1. The molecular weight excluding hydrogens is 577 g/mol. The monoisotopic (exact) mass is 599 g/mol. The molecule has 2 aliphatic heterocycles. The van der Waals surface area contributed by atoms with Crippen molar-refractivity contribution >= 4 is 27.5 Å². The maximum Gasteiger partial charge on any atom is 0.419 e. The molecule has 0 unspecified atom stereocenters. The fraction of sp³-hybridized carbons (Fsp3) is 0.458. The molecule has 0 aromatic heterocycles. The molecule has 220 valence electrons. The quantitative estimate of drug-likeness (QED) is 0.459. The lowest BCUT2D eigenvalue weighted by Crippen LogP contribution is -2.60. The van der Waals surface area contributed by atoms with E-state index < -0.39 is 74.3 Å². The van der Waals surface area contributed by atoms with Gasteiger partial charge >= 0.3 is 12.4 Å². The van der Waals surface area contributed by atoms with Crippen molar-refractivity contribution in [1.82, 2.24) is 0 Å². The summed E-state index contributed by atoms with van der Waals surface area (Å²) in [5, 5.41) is 11.8. The van der Waals surface area contributed by atoms with Gasteiger partial charge in [0.2, 0.25) is 0 Å². The van der Waals surface area contributed by atoms with Crippen molar-refractivity contribution in [2.24, 2.45) is 5.92 Å². The van der Waals surface area contributed by atoms with Gasteiger partial charge in [0.05, 0.1) is 35.9 Å². The van der Waals surface area contributed by atoms with E-state index in [1.165, 1.54) is 0 Å². The number of anilines is 2. The van der Waals surface area contributed by atoms with Crippen molar-refractivity contribution in [3.8, 4) is 5.75 Å². The predicted octanol–water partition coefficient (Wildman–Crippen LogP) is 4.33. The molecule has 0 radical (unpaired) electrons. The molecule has 16 heteroatoms. The standard InChI is InChI=1S/C24H23F7N2O6S/c1-22(2,24(29,30)31)33(21(34)35)14-3-6-20-19(8-14)32(10-15(39-20)7-13-11-38-12-13)40(36,37)16-4-5-18(25)17(9-16)23(26,27)28/h3-6,8-9,13,15H,7,10-12H2,1-2H3,(H,34,35)/p-1/t15-/m0/s1. The number of hydrogen-bond donors (Lipinski definition) is 0. The Morgan fingerprint density at radius 1 is 1.07 bits per heavy atom. The normalized spacial score (nSPS) is 18.5. The Bertz CT molecular complexity index is 1410. The number of benzene rings is 2. The van der Waals surface area contributed by atoms with Gasteiger partial charge in [-0.1, -0.05) is 0 Å². The molecule has 2 heterocycles. The molecular formula is C24H22F7N2O6S-. The molecule has 1 fully saturated rings. The van der Waals surface area contributed by atoms with E-state index in [2.05, 4.69) is 0 Å². The smallest absolute Gasteiger partial charge is 0.419 e. The van der Waals surface area contributed by atoms with Gasteiger partial charge < -0.3 is 24.3 Å². The Morgan fingerprint density at radius 2 is 1.73 bits per heavy atom. The molecule has 1 saturated heterocycles. The summed E-state index contributed by atoms with van der Waals surface area (Å²) in [5.41, 5.74) is -5.93. The van der Waals surface area contributed by atoms with Gasteiger partial charge in [-0.3, -0.25) is 4.31 Å². The van der Waals surface area contributed by atoms with Crippen LogP contribution in [0.4, 0.5) is 46.9 Å². The van der Waals surface area contributed by atoms with Crippen molar-refractivity contribution in [3.05, 3.63) is 47.8 Å². The zero-order valence-electron chi connectivity index (χ0n) is 20.8. The molecule has 2 aromatic carbocycles. The van der Waals surface area contributed by atoms with Crippen molar-refractivity contribution < 1.29 is 58.5 Å². The van der Waals surface area contributed by atoms with E-state index in [0.29, 0.717) is 43.5 Å². The van der Waals surface area contributed by atoms with Crippen LogP contribution in [0.25, 0.3) is 0 Å². The largest absolute Gasteiger partial charge is 0.530 e. The number of hydrogen-bond acceptors (Lipinski definition) is 6. The maximum atomic E-state index is 13.9. The Hall–Kier alpha value is -3.27. The summed E-state index contributed by atoms with van der Waals surface area (Å²) in [6, 6.07) is 3.88. The Morgan fingerprint density at radius 3 is 2.25 bits per heavy atom. The molecule has 0 N–H and O–H groups in total. The molecule has 0 spiro atoms. The highest BCUT2D eigenvalue weighted by Gasteiger charge is 2.52. The number of ether oxygens (including phenoxy) is 2. The van der Waals surface area contributed by atoms with Crippen LogP contribution >= 0.6 is 0 Å². The van der Waals surface area contributed by atoms with Crippen LogP contribution in [0.15, 0.2) is 41.3 Å². The summed E-state index contributed by atoms with van der Waals surface area (Å²) in [6.07, 6.45) is -13.1. The van der Waals surface area contributed by atoms with Crippen LogP contribution in [0.1, 0.15) is 25.8 Å². The molecule has 2 aliphatic rings. The number of amides is 1. The molecule has 4 rings (SSSR count). The van der Waals surface area contributed by atoms with E-state index >= 15 is 0 Å². The highest BCUT2D eigenvalue weighted by atomic mass is 32.2. The van der Waals surface area contributed by atoms with Gasteiger partial charge in [0.25, 0.3) is 10.0 Å². The third-order valence-corrected chi connectivity index (χ3v) is 8.48. The van der Waals surface area contributed by atoms with E-state index in [0.717, 1.165) is 18.2 Å². The van der Waals surface area contributed by atoms with Gasteiger partial charge in [-0.05, 0) is 56.7 Å². The number of sulfonamides is 1. The number of carbonyl (C=O) groups excluding carboxylic acids is 1. The van der Waals surface area contributed by atoms with Gasteiger partial charge in [0.15, 0.2) is 0 Å². The van der Waals surface area contributed by atoms with E-state index in [1.54, 1.807) is 0 Å². The lowest BCUT2D eigenvalue weighted by atomic mass is 9.98. The summed E-state index contributed by atoms with van der Waals surface area (Å²) >= 11 is 0. The van der Waals surface area contributed by atoms with Crippen LogP contribution in [0.3, 0.4) is 0 Å². The topological polar surface area (TPSA) is 99.2 Å². The van der Waals surface area contributed by atoms with E-state index in [9.17, 15) is 49.1 Å². The molecule has 0 saturated carbocycles. The zero-order valence-corrected chi connectivity index (χ0v) is 21.7. The number of carbonyl (C=O) groups is 1. The number of rotatable bonds is 6. The van der Waals surface area contributed by atoms with E-state index in [-0.39, 0.29) is 29.1 Å². The van der Waals surface area contributed by atoms with Gasteiger partial charge in [-0.2, -0.15) is 26.3 Å². The van der Waals surface area contributed by atoms with Crippen LogP contribution in [-0.2, 0) is 20.9 Å². The van der Waals surface area contributed by atoms with Crippen molar-refractivity contribution in [1.29, 1.82) is 0 Å². The first kappa shape index (κ1) is 29.7. The average Bonchev–Trinajstić information content (AvgIpc) is 2.79. The van der Waals surface area contributed by atoms with Crippen LogP contribution in [-0.4, -0.2) is 52.1 Å². The Labute approximate surface area is 223 Å². The minimum absolute atomic E-state index is 0.0146. The number of alkyl halides is 6. The molecule has 0 aliphatic carbocycles. The van der Waals surface area contributed by atoms with Crippen LogP contribution in [0.5, 0.6) is 5.75 Å². The second-order valence-electron chi connectivity index (χ2n) is 9.86. The van der Waals surface area contributed by atoms with Gasteiger partial charge in [-0.25, -0.2) is 12.8 Å². The summed E-state index contributed by atoms with van der Waals surface area (Å²) in [5.74, 6) is -1.90. The number of halogens is 7. The van der Waals surface area contributed by atoms with E-state index in [4.69, 9.17) is 9.47 Å². The molecule has 8 nitrogen and oxygen atoms in total. The Kier molecular flexibility index (Phi) is 7.41. The van der Waals surface area contributed by atoms with Gasteiger partial charge in [-0.15, -0.1) is 0 Å². The minimum atomic E-state index is -5.23. The highest BCUT2D eigenvalue weighted by Crippen LogP contribution is 2.44. The summed E-state index contributed by atoms with van der Waals surface area (Å²) in [6.45, 7) is 1.38. The Balaban J connectivity index is 1.85. The first-order valence-corrected chi connectivity index (χ1v) is 13.1. The fourth-order valence-electron chi connectivity index (χ4n) is 4.37. The lowest BCUT2D eigenvalue weighted by molar-refractivity contribution is -0.254. The zero-order chi connectivity index (χ0) is 29.8. The molecule has 1 atom stereocenters. The molecule has 2 aromatic rings. The first-order valence-electron chi connectivity index (χ1n) is 11.7. The van der Waals surface area contributed by atoms with Crippen LogP contribution < -0.4 is 19.0 Å². The molecule has 0 bridgehead atoms. The average molecular weight is 600 g/mol. The molecule has 1 amide bonds. The lowest BCUT2D eigenvalue weighted by Gasteiger charge is -2.43. The third kappa shape index (κ3) is 5.38.